The van der Waals surface area contributed by atoms with Crippen LogP contribution in [-0.2, 0) is 0 Å². The molecule has 0 aromatic heterocycles. The minimum Gasteiger partial charge on any atom is -0.380 e. The van der Waals surface area contributed by atoms with E-state index in [0.717, 1.165) is 16.8 Å². The first-order chi connectivity index (χ1) is 8.24. The fourth-order valence-electron chi connectivity index (χ4n) is 2.45. The number of nitrogens with one attached hydrogen (secondary N) is 1. The van der Waals surface area contributed by atoms with Crippen molar-refractivity contribution in [2.24, 2.45) is 0 Å². The monoisotopic (exact) mass is 246 g/mol. The first-order valence-corrected chi connectivity index (χ1v) is 7.33. The van der Waals surface area contributed by atoms with Gasteiger partial charge in [0.2, 0.25) is 0 Å². The molecule has 0 radical (unpaired) electrons. The number of aryl methyl sites for hydroxylation is 1. The number of thioether (sulfide) groups is 1. The van der Waals surface area contributed by atoms with Crippen LogP contribution in [0.15, 0.2) is 18.2 Å². The van der Waals surface area contributed by atoms with E-state index in [-0.39, 0.29) is 0 Å². The van der Waals surface area contributed by atoms with Crippen molar-refractivity contribution in [2.45, 2.75) is 37.5 Å². The summed E-state index contributed by atoms with van der Waals surface area (Å²) in [6, 6.07) is 8.83. The standard InChI is InChI=1S/C14H18N2S/c1-10-6-7-12(11(8-10)9-15)16-13-4-3-5-14(13)17-2/h6-8,13-14,16H,3-5H2,1-2H3. The maximum Gasteiger partial charge on any atom is 0.101 e. The summed E-state index contributed by atoms with van der Waals surface area (Å²) in [4.78, 5) is 0. The largest absolute Gasteiger partial charge is 0.380 e. The summed E-state index contributed by atoms with van der Waals surface area (Å²) in [5, 5.41) is 13.4. The number of nitriles is 1. The minimum atomic E-state index is 0.514. The van der Waals surface area contributed by atoms with Crippen LogP contribution < -0.4 is 5.32 Å². The quantitative estimate of drug-likeness (QED) is 0.885. The molecule has 90 valence electrons. The molecule has 3 heteroatoms. The summed E-state index contributed by atoms with van der Waals surface area (Å²) in [7, 11) is 0. The lowest BCUT2D eigenvalue weighted by molar-refractivity contribution is 0.768. The third-order valence-electron chi connectivity index (χ3n) is 3.39. The van der Waals surface area contributed by atoms with Crippen molar-refractivity contribution in [3.8, 4) is 6.07 Å². The highest BCUT2D eigenvalue weighted by molar-refractivity contribution is 7.99. The Kier molecular flexibility index (Phi) is 3.96. The highest BCUT2D eigenvalue weighted by atomic mass is 32.2. The first-order valence-electron chi connectivity index (χ1n) is 6.04. The van der Waals surface area contributed by atoms with E-state index in [9.17, 15) is 0 Å². The van der Waals surface area contributed by atoms with Crippen molar-refractivity contribution >= 4 is 17.4 Å². The highest BCUT2D eigenvalue weighted by Crippen LogP contribution is 2.31. The molecule has 2 atom stereocenters. The van der Waals surface area contributed by atoms with E-state index in [1.54, 1.807) is 0 Å². The first kappa shape index (κ1) is 12.3. The average molecular weight is 246 g/mol. The zero-order valence-electron chi connectivity index (χ0n) is 10.4. The van der Waals surface area contributed by atoms with Crippen LogP contribution in [0.5, 0.6) is 0 Å². The second kappa shape index (κ2) is 5.46. The van der Waals surface area contributed by atoms with Crippen LogP contribution in [0.3, 0.4) is 0 Å². The Hall–Kier alpha value is -1.14. The number of benzene rings is 1. The predicted octanol–water partition coefficient (Wildman–Crippen LogP) is 3.56. The van der Waals surface area contributed by atoms with Gasteiger partial charge in [-0.05, 0) is 43.7 Å². The van der Waals surface area contributed by atoms with Crippen molar-refractivity contribution in [1.29, 1.82) is 5.26 Å². The third-order valence-corrected chi connectivity index (χ3v) is 4.56. The van der Waals surface area contributed by atoms with Gasteiger partial charge in [-0.25, -0.2) is 0 Å². The summed E-state index contributed by atoms with van der Waals surface area (Å²) in [5.41, 5.74) is 2.89. The average Bonchev–Trinajstić information content (AvgIpc) is 2.78. The summed E-state index contributed by atoms with van der Waals surface area (Å²) >= 11 is 1.93. The maximum absolute atomic E-state index is 9.14. The molecular weight excluding hydrogens is 228 g/mol. The lowest BCUT2D eigenvalue weighted by atomic mass is 10.1. The fourth-order valence-corrected chi connectivity index (χ4v) is 3.38. The lowest BCUT2D eigenvalue weighted by Crippen LogP contribution is -2.26. The smallest absolute Gasteiger partial charge is 0.101 e. The molecule has 0 saturated heterocycles. The molecule has 1 aliphatic carbocycles. The van der Waals surface area contributed by atoms with E-state index in [4.69, 9.17) is 5.26 Å². The molecule has 0 spiro atoms. The molecule has 1 aromatic rings. The van der Waals surface area contributed by atoms with Gasteiger partial charge in [0, 0.05) is 11.3 Å². The van der Waals surface area contributed by atoms with Crippen molar-refractivity contribution in [3.05, 3.63) is 29.3 Å². The van der Waals surface area contributed by atoms with Crippen LogP contribution in [-0.4, -0.2) is 17.5 Å². The number of anilines is 1. The Labute approximate surface area is 107 Å². The van der Waals surface area contributed by atoms with Crippen LogP contribution in [0.4, 0.5) is 5.69 Å². The van der Waals surface area contributed by atoms with Crippen LogP contribution >= 0.6 is 11.8 Å². The molecule has 1 N–H and O–H groups in total. The highest BCUT2D eigenvalue weighted by Gasteiger charge is 2.26. The fraction of sp³-hybridized carbons (Fsp3) is 0.500. The Bertz CT molecular complexity index is 436. The molecule has 0 bridgehead atoms. The molecule has 1 aliphatic rings. The van der Waals surface area contributed by atoms with Crippen LogP contribution in [0, 0.1) is 18.3 Å². The molecule has 0 heterocycles. The van der Waals surface area contributed by atoms with E-state index >= 15 is 0 Å². The molecule has 1 fully saturated rings. The Morgan fingerprint density at radius 2 is 2.24 bits per heavy atom. The summed E-state index contributed by atoms with van der Waals surface area (Å²) < 4.78 is 0. The van der Waals surface area contributed by atoms with Gasteiger partial charge in [0.15, 0.2) is 0 Å². The maximum atomic E-state index is 9.14. The lowest BCUT2D eigenvalue weighted by Gasteiger charge is -2.21. The number of hydrogen-bond acceptors (Lipinski definition) is 3. The number of hydrogen-bond donors (Lipinski definition) is 1. The number of nitrogens with zero attached hydrogens (tertiary/aromatic N) is 1. The molecule has 1 aromatic carbocycles. The van der Waals surface area contributed by atoms with Gasteiger partial charge in [0.1, 0.15) is 6.07 Å². The predicted molar refractivity (Wildman–Crippen MR) is 74.5 cm³/mol. The summed E-state index contributed by atoms with van der Waals surface area (Å²) in [5.74, 6) is 0. The molecule has 0 amide bonds. The minimum absolute atomic E-state index is 0.514. The van der Waals surface area contributed by atoms with Crippen LogP contribution in [0.1, 0.15) is 30.4 Å². The number of rotatable bonds is 3. The van der Waals surface area contributed by atoms with Gasteiger partial charge in [-0.1, -0.05) is 12.5 Å². The van der Waals surface area contributed by atoms with Crippen molar-refractivity contribution in [1.82, 2.24) is 0 Å². The van der Waals surface area contributed by atoms with Crippen molar-refractivity contribution < 1.29 is 0 Å². The van der Waals surface area contributed by atoms with E-state index in [2.05, 4.69) is 23.7 Å². The van der Waals surface area contributed by atoms with E-state index in [1.807, 2.05) is 30.8 Å². The van der Waals surface area contributed by atoms with Crippen molar-refractivity contribution in [2.75, 3.05) is 11.6 Å². The van der Waals surface area contributed by atoms with Gasteiger partial charge in [0.05, 0.1) is 11.3 Å². The molecule has 2 rings (SSSR count). The Balaban J connectivity index is 2.16. The van der Waals surface area contributed by atoms with E-state index in [1.165, 1.54) is 19.3 Å². The molecular formula is C14H18N2S. The topological polar surface area (TPSA) is 35.8 Å². The second-order valence-corrected chi connectivity index (χ2v) is 5.69. The zero-order chi connectivity index (χ0) is 12.3. The normalized spacial score (nSPS) is 23.4. The van der Waals surface area contributed by atoms with Gasteiger partial charge in [-0.15, -0.1) is 0 Å². The van der Waals surface area contributed by atoms with E-state index in [0.29, 0.717) is 11.3 Å². The molecule has 1 saturated carbocycles. The molecule has 2 nitrogen and oxygen atoms in total. The van der Waals surface area contributed by atoms with Gasteiger partial charge in [-0.3, -0.25) is 0 Å². The third kappa shape index (κ3) is 2.76. The molecule has 0 aliphatic heterocycles. The van der Waals surface area contributed by atoms with Gasteiger partial charge >= 0.3 is 0 Å². The second-order valence-electron chi connectivity index (χ2n) is 4.62. The zero-order valence-corrected chi connectivity index (χ0v) is 11.2. The Morgan fingerprint density at radius 3 is 2.94 bits per heavy atom. The Morgan fingerprint density at radius 1 is 1.41 bits per heavy atom. The summed E-state index contributed by atoms with van der Waals surface area (Å²) in [6.45, 7) is 2.02. The van der Waals surface area contributed by atoms with E-state index < -0.39 is 0 Å². The molecule has 17 heavy (non-hydrogen) atoms. The SMILES string of the molecule is CSC1CCCC1Nc1ccc(C)cc1C#N. The molecule has 2 unspecified atom stereocenters. The van der Waals surface area contributed by atoms with Crippen LogP contribution in [0.2, 0.25) is 0 Å². The van der Waals surface area contributed by atoms with Gasteiger partial charge in [0.25, 0.3) is 0 Å². The van der Waals surface area contributed by atoms with Gasteiger partial charge < -0.3 is 5.32 Å². The van der Waals surface area contributed by atoms with Gasteiger partial charge in [-0.2, -0.15) is 17.0 Å². The summed E-state index contributed by atoms with van der Waals surface area (Å²) in [6.07, 6.45) is 5.96. The van der Waals surface area contributed by atoms with Crippen LogP contribution in [0.25, 0.3) is 0 Å². The van der Waals surface area contributed by atoms with Crippen molar-refractivity contribution in [3.63, 3.8) is 0 Å².